The molecule has 0 saturated heterocycles. The van der Waals surface area contributed by atoms with Crippen LogP contribution in [0.2, 0.25) is 0 Å². The number of carbonyl (C=O) groups excluding carboxylic acids is 1. The summed E-state index contributed by atoms with van der Waals surface area (Å²) in [5, 5.41) is 0. The van der Waals surface area contributed by atoms with Gasteiger partial charge in [0.1, 0.15) is 6.61 Å². The van der Waals surface area contributed by atoms with Gasteiger partial charge in [0.05, 0.1) is 17.0 Å². The summed E-state index contributed by atoms with van der Waals surface area (Å²) in [5.74, 6) is -0.276. The van der Waals surface area contributed by atoms with Crippen molar-refractivity contribution in [1.29, 1.82) is 0 Å². The van der Waals surface area contributed by atoms with Crippen LogP contribution in [0, 0.1) is 0 Å². The lowest BCUT2D eigenvalue weighted by Gasteiger charge is -2.01. The summed E-state index contributed by atoms with van der Waals surface area (Å²) in [4.78, 5) is 15.7. The van der Waals surface area contributed by atoms with Crippen LogP contribution in [0.15, 0.2) is 42.5 Å². The average molecular weight is 211 g/mol. The number of ether oxygens (including phenoxy) is 1. The van der Waals surface area contributed by atoms with E-state index in [2.05, 4.69) is 4.98 Å². The summed E-state index contributed by atoms with van der Waals surface area (Å²) in [7, 11) is 0. The molecule has 3 nitrogen and oxygen atoms in total. The normalized spacial score (nSPS) is 13.4. The van der Waals surface area contributed by atoms with E-state index in [4.69, 9.17) is 4.74 Å². The second kappa shape index (κ2) is 3.45. The molecule has 0 N–H and O–H groups in total. The maximum atomic E-state index is 11.3. The molecular formula is C13H9NO2. The first-order valence-corrected chi connectivity index (χ1v) is 5.07. The lowest BCUT2D eigenvalue weighted by Crippen LogP contribution is -1.95. The molecule has 1 aliphatic rings. The van der Waals surface area contributed by atoms with Crippen LogP contribution in [0.4, 0.5) is 0 Å². The molecule has 3 rings (SSSR count). The maximum absolute atomic E-state index is 11.3. The van der Waals surface area contributed by atoms with Crippen molar-refractivity contribution >= 4 is 5.97 Å². The minimum atomic E-state index is -0.276. The number of fused-ring (bicyclic) bond motifs is 1. The summed E-state index contributed by atoms with van der Waals surface area (Å²) >= 11 is 0. The van der Waals surface area contributed by atoms with Gasteiger partial charge in [0.2, 0.25) is 0 Å². The number of carbonyl (C=O) groups is 1. The number of hydrogen-bond donors (Lipinski definition) is 0. The maximum Gasteiger partial charge on any atom is 0.340 e. The van der Waals surface area contributed by atoms with Crippen LogP contribution in [0.5, 0.6) is 0 Å². The van der Waals surface area contributed by atoms with Gasteiger partial charge in [-0.05, 0) is 12.1 Å². The Morgan fingerprint density at radius 1 is 1.06 bits per heavy atom. The van der Waals surface area contributed by atoms with Crippen LogP contribution < -0.4 is 0 Å². The largest absolute Gasteiger partial charge is 0.456 e. The van der Waals surface area contributed by atoms with Gasteiger partial charge in [-0.1, -0.05) is 30.3 Å². The highest BCUT2D eigenvalue weighted by Gasteiger charge is 2.22. The molecule has 0 radical (unpaired) electrons. The number of aromatic nitrogens is 1. The number of hydrogen-bond acceptors (Lipinski definition) is 3. The first-order valence-electron chi connectivity index (χ1n) is 5.07. The molecule has 1 aromatic heterocycles. The van der Waals surface area contributed by atoms with Gasteiger partial charge in [-0.15, -0.1) is 0 Å². The van der Waals surface area contributed by atoms with Crippen LogP contribution in [0.1, 0.15) is 16.1 Å². The lowest BCUT2D eigenvalue weighted by molar-refractivity contribution is 0.0533. The molecule has 0 saturated carbocycles. The predicted molar refractivity (Wildman–Crippen MR) is 58.8 cm³/mol. The second-order valence-electron chi connectivity index (χ2n) is 3.63. The van der Waals surface area contributed by atoms with Gasteiger partial charge in [-0.2, -0.15) is 0 Å². The summed E-state index contributed by atoms with van der Waals surface area (Å²) in [5.41, 5.74) is 3.23. The fourth-order valence-electron chi connectivity index (χ4n) is 1.78. The highest BCUT2D eigenvalue weighted by atomic mass is 16.5. The van der Waals surface area contributed by atoms with Crippen molar-refractivity contribution in [3.05, 3.63) is 53.7 Å². The molecule has 1 aliphatic heterocycles. The first-order chi connectivity index (χ1) is 7.84. The quantitative estimate of drug-likeness (QED) is 0.680. The Morgan fingerprint density at radius 2 is 1.88 bits per heavy atom. The van der Waals surface area contributed by atoms with Crippen molar-refractivity contribution in [3.63, 3.8) is 0 Å². The Kier molecular flexibility index (Phi) is 1.96. The average Bonchev–Trinajstić information content (AvgIpc) is 2.72. The highest BCUT2D eigenvalue weighted by molar-refractivity contribution is 5.93. The lowest BCUT2D eigenvalue weighted by atomic mass is 10.1. The number of pyridine rings is 1. The monoisotopic (exact) mass is 211 g/mol. The standard InChI is InChI=1S/C13H9NO2/c15-13-10-6-7-11(14-12(10)8-16-13)9-4-2-1-3-5-9/h1-7H,8H2. The Balaban J connectivity index is 2.09. The summed E-state index contributed by atoms with van der Waals surface area (Å²) in [6, 6.07) is 13.5. The van der Waals surface area contributed by atoms with Crippen LogP contribution in [-0.4, -0.2) is 11.0 Å². The third-order valence-corrected chi connectivity index (χ3v) is 2.60. The number of cyclic esters (lactones) is 1. The first kappa shape index (κ1) is 9.09. The van der Waals surface area contributed by atoms with Crippen LogP contribution in [0.3, 0.4) is 0 Å². The van der Waals surface area contributed by atoms with E-state index >= 15 is 0 Å². The van der Waals surface area contributed by atoms with Crippen molar-refractivity contribution in [2.45, 2.75) is 6.61 Å². The molecule has 0 unspecified atom stereocenters. The number of nitrogens with zero attached hydrogens (tertiary/aromatic N) is 1. The van der Waals surface area contributed by atoms with E-state index in [0.717, 1.165) is 17.0 Å². The van der Waals surface area contributed by atoms with E-state index in [9.17, 15) is 4.79 Å². The SMILES string of the molecule is O=C1OCc2nc(-c3ccccc3)ccc21. The van der Waals surface area contributed by atoms with E-state index in [1.54, 1.807) is 6.07 Å². The molecule has 0 fully saturated rings. The molecule has 0 atom stereocenters. The van der Waals surface area contributed by atoms with Crippen molar-refractivity contribution in [3.8, 4) is 11.3 Å². The van der Waals surface area contributed by atoms with Crippen LogP contribution >= 0.6 is 0 Å². The Morgan fingerprint density at radius 3 is 2.69 bits per heavy atom. The third-order valence-electron chi connectivity index (χ3n) is 2.60. The number of esters is 1. The van der Waals surface area contributed by atoms with E-state index in [0.29, 0.717) is 5.56 Å². The summed E-state index contributed by atoms with van der Waals surface area (Å²) < 4.78 is 4.91. The molecule has 3 heteroatoms. The van der Waals surface area contributed by atoms with Gasteiger partial charge < -0.3 is 4.74 Å². The van der Waals surface area contributed by atoms with Gasteiger partial charge in [-0.3, -0.25) is 0 Å². The van der Waals surface area contributed by atoms with Crippen molar-refractivity contribution in [1.82, 2.24) is 4.98 Å². The van der Waals surface area contributed by atoms with E-state index in [1.807, 2.05) is 36.4 Å². The molecule has 0 spiro atoms. The van der Waals surface area contributed by atoms with Gasteiger partial charge in [-0.25, -0.2) is 9.78 Å². The fraction of sp³-hybridized carbons (Fsp3) is 0.0769. The van der Waals surface area contributed by atoms with Crippen LogP contribution in [-0.2, 0) is 11.3 Å². The minimum absolute atomic E-state index is 0.276. The van der Waals surface area contributed by atoms with Gasteiger partial charge in [0.15, 0.2) is 0 Å². The van der Waals surface area contributed by atoms with E-state index < -0.39 is 0 Å². The molecule has 0 bridgehead atoms. The van der Waals surface area contributed by atoms with Gasteiger partial charge >= 0.3 is 5.97 Å². The van der Waals surface area contributed by atoms with E-state index in [-0.39, 0.29) is 12.6 Å². The summed E-state index contributed by atoms with van der Waals surface area (Å²) in [6.45, 7) is 0.287. The Bertz CT molecular complexity index is 549. The van der Waals surface area contributed by atoms with E-state index in [1.165, 1.54) is 0 Å². The molecule has 16 heavy (non-hydrogen) atoms. The van der Waals surface area contributed by atoms with Gasteiger partial charge in [0, 0.05) is 5.56 Å². The zero-order chi connectivity index (χ0) is 11.0. The molecule has 1 aromatic carbocycles. The second-order valence-corrected chi connectivity index (χ2v) is 3.63. The topological polar surface area (TPSA) is 39.2 Å². The number of rotatable bonds is 1. The van der Waals surface area contributed by atoms with Gasteiger partial charge in [0.25, 0.3) is 0 Å². The Hall–Kier alpha value is -2.16. The molecule has 78 valence electrons. The van der Waals surface area contributed by atoms with Crippen molar-refractivity contribution in [2.75, 3.05) is 0 Å². The highest BCUT2D eigenvalue weighted by Crippen LogP contribution is 2.23. The zero-order valence-electron chi connectivity index (χ0n) is 8.51. The number of benzene rings is 1. The smallest absolute Gasteiger partial charge is 0.340 e. The molecule has 0 aliphatic carbocycles. The minimum Gasteiger partial charge on any atom is -0.456 e. The zero-order valence-corrected chi connectivity index (χ0v) is 8.51. The molecule has 2 heterocycles. The molecule has 2 aromatic rings. The fourth-order valence-corrected chi connectivity index (χ4v) is 1.78. The molecule has 0 amide bonds. The third kappa shape index (κ3) is 1.37. The van der Waals surface area contributed by atoms with Crippen molar-refractivity contribution in [2.24, 2.45) is 0 Å². The molecular weight excluding hydrogens is 202 g/mol. The van der Waals surface area contributed by atoms with Crippen molar-refractivity contribution < 1.29 is 9.53 Å². The Labute approximate surface area is 92.7 Å². The summed E-state index contributed by atoms with van der Waals surface area (Å²) in [6.07, 6.45) is 0. The predicted octanol–water partition coefficient (Wildman–Crippen LogP) is 2.42. The van der Waals surface area contributed by atoms with Crippen LogP contribution in [0.25, 0.3) is 11.3 Å².